The summed E-state index contributed by atoms with van der Waals surface area (Å²) in [6.45, 7) is 0. The summed E-state index contributed by atoms with van der Waals surface area (Å²) in [5, 5.41) is 0. The van der Waals surface area contributed by atoms with Gasteiger partial charge in [-0.2, -0.15) is 0 Å². The van der Waals surface area contributed by atoms with Gasteiger partial charge in [-0.3, -0.25) is 0 Å². The Hall–Kier alpha value is 1.28. The molecule has 0 spiro atoms. The monoisotopic (exact) mass is 356 g/mol. The predicted molar refractivity (Wildman–Crippen MR) is 12.4 cm³/mol. The first-order valence-electron chi connectivity index (χ1n) is 1.13. The van der Waals surface area contributed by atoms with Crippen molar-refractivity contribution in [2.24, 2.45) is 0 Å². The molecule has 9 heavy (non-hydrogen) atoms. The summed E-state index contributed by atoms with van der Waals surface area (Å²) in [7, 11) is -10.8. The van der Waals surface area contributed by atoms with Crippen LogP contribution in [0.4, 0.5) is 24.6 Å². The largest absolute Gasteiger partial charge is 1.00 e. The Balaban J connectivity index is -0.000000180. The Morgan fingerprint density at radius 1 is 0.556 bits per heavy atom. The maximum Gasteiger partial charge on any atom is 1.00 e. The summed E-state index contributed by atoms with van der Waals surface area (Å²) >= 11 is 0. The van der Waals surface area contributed by atoms with E-state index < -0.39 is 8.63 Å². The van der Waals surface area contributed by atoms with Crippen LogP contribution in [0.3, 0.4) is 0 Å². The van der Waals surface area contributed by atoms with Crippen molar-refractivity contribution >= 4 is 8.63 Å². The van der Waals surface area contributed by atoms with Gasteiger partial charge in [0, 0.05) is 0 Å². The van der Waals surface area contributed by atoms with Crippen LogP contribution in [0.1, 0.15) is 0 Å². The van der Waals surface area contributed by atoms with E-state index in [1.54, 1.807) is 0 Å². The minimum absolute atomic E-state index is 0. The van der Waals surface area contributed by atoms with Crippen molar-refractivity contribution in [2.45, 2.75) is 0 Å². The number of hydrogen-bond acceptors (Lipinski definition) is 0. The van der Waals surface area contributed by atoms with E-state index >= 15 is 0 Å². The molecular weight excluding hydrogens is 358 g/mol. The minimum atomic E-state index is -10.8. The molecule has 0 atom stereocenters. The normalized spacial score (nSPS) is 18.0. The summed E-state index contributed by atoms with van der Waals surface area (Å²) < 4.78 is 59.3. The zero-order chi connectivity index (χ0) is 6.41. The molecule has 0 N–H and O–H groups in total. The fraction of sp³-hybridized carbons (Fsp3) is 0. The fourth-order valence-corrected chi connectivity index (χ4v) is 0. The maximum absolute atomic E-state index is 10.8. The standard InChI is InChI=1S/2Ag.F6Si/c;;1-7(2,3,4,5)6/q2*+1;-2. The molecule has 0 rings (SSSR count). The van der Waals surface area contributed by atoms with Gasteiger partial charge in [-0.25, -0.2) is 0 Å². The molecule has 0 unspecified atom stereocenters. The van der Waals surface area contributed by atoms with E-state index in [1.165, 1.54) is 0 Å². The average molecular weight is 358 g/mol. The van der Waals surface area contributed by atoms with Gasteiger partial charge < -0.3 is 0 Å². The second-order valence-corrected chi connectivity index (χ2v) is 3.21. The van der Waals surface area contributed by atoms with Crippen molar-refractivity contribution in [3.63, 3.8) is 0 Å². The van der Waals surface area contributed by atoms with Crippen molar-refractivity contribution in [3.8, 4) is 0 Å². The molecule has 0 saturated carbocycles. The third kappa shape index (κ3) is 301. The van der Waals surface area contributed by atoms with Crippen molar-refractivity contribution in [1.82, 2.24) is 0 Å². The summed E-state index contributed by atoms with van der Waals surface area (Å²) in [5.74, 6) is 0. The smallest absolute Gasteiger partial charge is 1.00 e. The molecule has 0 heterocycles. The molecule has 0 fully saturated rings. The summed E-state index contributed by atoms with van der Waals surface area (Å²) in [4.78, 5) is 0. The van der Waals surface area contributed by atoms with Crippen LogP contribution in [0.25, 0.3) is 0 Å². The Morgan fingerprint density at radius 2 is 0.556 bits per heavy atom. The van der Waals surface area contributed by atoms with Gasteiger partial charge in [0.15, 0.2) is 0 Å². The molecule has 0 aromatic carbocycles. The molecule has 0 aromatic rings. The van der Waals surface area contributed by atoms with Crippen LogP contribution < -0.4 is 0 Å². The van der Waals surface area contributed by atoms with Gasteiger partial charge in [-0.15, -0.1) is 0 Å². The zero-order valence-corrected chi connectivity index (χ0v) is 7.34. The molecule has 68 valence electrons. The van der Waals surface area contributed by atoms with Crippen LogP contribution in [0.15, 0.2) is 0 Å². The second-order valence-electron chi connectivity index (χ2n) is 1.07. The van der Waals surface area contributed by atoms with Crippen LogP contribution in [0.5, 0.6) is 0 Å². The van der Waals surface area contributed by atoms with Crippen molar-refractivity contribution in [3.05, 3.63) is 0 Å². The third-order valence-electron chi connectivity index (χ3n) is 0. The van der Waals surface area contributed by atoms with E-state index in [2.05, 4.69) is 0 Å². The predicted octanol–water partition coefficient (Wildman–Crippen LogP) is 2.14. The molecule has 0 nitrogen and oxygen atoms in total. The number of halogens is 6. The summed E-state index contributed by atoms with van der Waals surface area (Å²) in [5.41, 5.74) is 0. The van der Waals surface area contributed by atoms with Crippen molar-refractivity contribution in [2.75, 3.05) is 0 Å². The molecule has 9 heteroatoms. The number of rotatable bonds is 0. The number of hydrogen-bond donors (Lipinski definition) is 0. The van der Waals surface area contributed by atoms with Crippen LogP contribution in [-0.2, 0) is 44.8 Å². The van der Waals surface area contributed by atoms with Gasteiger partial charge in [0.1, 0.15) is 0 Å². The molecule has 0 aromatic heterocycles. The van der Waals surface area contributed by atoms with Crippen molar-refractivity contribution < 1.29 is 69.4 Å². The molecule has 0 bridgehead atoms. The maximum atomic E-state index is 9.88. The van der Waals surface area contributed by atoms with E-state index in [9.17, 15) is 24.6 Å². The average Bonchev–Trinajstić information content (AvgIpc) is 0.592. The van der Waals surface area contributed by atoms with E-state index in [0.717, 1.165) is 0 Å². The fourth-order valence-electron chi connectivity index (χ4n) is 0. The Morgan fingerprint density at radius 3 is 0.556 bits per heavy atom. The van der Waals surface area contributed by atoms with Gasteiger partial charge in [-0.1, -0.05) is 0 Å². The van der Waals surface area contributed by atoms with E-state index in [1.807, 2.05) is 0 Å². The zero-order valence-electron chi connectivity index (χ0n) is 3.37. The first-order chi connectivity index (χ1) is 2.45. The Labute approximate surface area is 77.9 Å². The minimum Gasteiger partial charge on any atom is 1.00 e. The molecule has 0 radical (unpaired) electrons. The Kier molecular flexibility index (Phi) is 4.45. The van der Waals surface area contributed by atoms with Gasteiger partial charge in [-0.05, 0) is 0 Å². The van der Waals surface area contributed by atoms with E-state index in [0.29, 0.717) is 0 Å². The quantitative estimate of drug-likeness (QED) is 0.354. The van der Waals surface area contributed by atoms with Gasteiger partial charge in [0.2, 0.25) is 0 Å². The van der Waals surface area contributed by atoms with Crippen LogP contribution >= 0.6 is 0 Å². The first kappa shape index (κ1) is 16.7. The van der Waals surface area contributed by atoms with Gasteiger partial charge >= 0.3 is 78.0 Å². The molecule has 0 saturated heterocycles. The third-order valence-corrected chi connectivity index (χ3v) is 0. The molecule has 0 aliphatic rings. The second kappa shape index (κ2) is 2.40. The van der Waals surface area contributed by atoms with Crippen LogP contribution in [0, 0.1) is 0 Å². The van der Waals surface area contributed by atoms with Gasteiger partial charge in [0.05, 0.1) is 0 Å². The Bertz CT molecular complexity index is 69.6. The van der Waals surface area contributed by atoms with Gasteiger partial charge in [0.25, 0.3) is 0 Å². The van der Waals surface area contributed by atoms with Crippen LogP contribution in [-0.4, -0.2) is 8.63 Å². The molecule has 0 aliphatic heterocycles. The van der Waals surface area contributed by atoms with Crippen molar-refractivity contribution in [1.29, 1.82) is 0 Å². The summed E-state index contributed by atoms with van der Waals surface area (Å²) in [6, 6.07) is 0. The topological polar surface area (TPSA) is 0 Å². The molecular formula is Ag2F6Si. The van der Waals surface area contributed by atoms with Crippen LogP contribution in [0.2, 0.25) is 0 Å². The SMILES string of the molecule is F[Si-2](F)(F)(F)(F)F.[Ag+].[Ag+]. The first-order valence-corrected chi connectivity index (χ1v) is 3.40. The summed E-state index contributed by atoms with van der Waals surface area (Å²) in [6.07, 6.45) is 0. The van der Waals surface area contributed by atoms with E-state index in [4.69, 9.17) is 0 Å². The molecule has 0 aliphatic carbocycles. The molecule has 0 amide bonds. The van der Waals surface area contributed by atoms with E-state index in [-0.39, 0.29) is 44.8 Å².